The van der Waals surface area contributed by atoms with Crippen molar-refractivity contribution >= 4 is 22.6 Å². The van der Waals surface area contributed by atoms with E-state index >= 15 is 0 Å². The summed E-state index contributed by atoms with van der Waals surface area (Å²) in [4.78, 5) is 16.6. The second-order valence-electron chi connectivity index (χ2n) is 4.85. The van der Waals surface area contributed by atoms with Crippen molar-refractivity contribution in [2.75, 3.05) is 5.32 Å². The first-order valence-corrected chi connectivity index (χ1v) is 6.43. The van der Waals surface area contributed by atoms with Gasteiger partial charge in [0.15, 0.2) is 0 Å². The van der Waals surface area contributed by atoms with Crippen LogP contribution in [0.2, 0.25) is 0 Å². The highest BCUT2D eigenvalue weighted by Crippen LogP contribution is 2.21. The van der Waals surface area contributed by atoms with Crippen molar-refractivity contribution < 1.29 is 4.79 Å². The number of hydrogen-bond acceptors (Lipinski definition) is 2. The average molecular weight is 265 g/mol. The van der Waals surface area contributed by atoms with E-state index in [0.29, 0.717) is 11.4 Å². The van der Waals surface area contributed by atoms with Crippen LogP contribution in [0.5, 0.6) is 0 Å². The number of carbonyl (C=O) groups excluding carboxylic acids is 1. The highest BCUT2D eigenvalue weighted by Gasteiger charge is 2.13. The van der Waals surface area contributed by atoms with Crippen molar-refractivity contribution in [3.8, 4) is 0 Å². The standard InChI is InChI=1S/C16H15N3O/c1-11-7-8-15(17-9-11)18-16(20)13-10-19(2)14-6-4-3-5-12(13)14/h3-10H,1-2H3,(H,17,18,20). The maximum atomic E-state index is 12.4. The van der Waals surface area contributed by atoms with Gasteiger partial charge in [-0.05, 0) is 24.6 Å². The molecule has 2 heterocycles. The molecule has 0 fully saturated rings. The summed E-state index contributed by atoms with van der Waals surface area (Å²) in [7, 11) is 1.93. The molecule has 3 aromatic rings. The summed E-state index contributed by atoms with van der Waals surface area (Å²) < 4.78 is 1.95. The summed E-state index contributed by atoms with van der Waals surface area (Å²) in [6, 6.07) is 11.6. The van der Waals surface area contributed by atoms with E-state index in [1.165, 1.54) is 0 Å². The first kappa shape index (κ1) is 12.4. The Morgan fingerprint density at radius 1 is 1.20 bits per heavy atom. The number of aromatic nitrogens is 2. The van der Waals surface area contributed by atoms with Crippen LogP contribution in [-0.4, -0.2) is 15.5 Å². The van der Waals surface area contributed by atoms with Gasteiger partial charge in [0.25, 0.3) is 5.91 Å². The van der Waals surface area contributed by atoms with Gasteiger partial charge in [-0.1, -0.05) is 24.3 Å². The van der Waals surface area contributed by atoms with Gasteiger partial charge in [0.1, 0.15) is 5.82 Å². The van der Waals surface area contributed by atoms with Gasteiger partial charge in [-0.2, -0.15) is 0 Å². The van der Waals surface area contributed by atoms with Crippen LogP contribution in [0, 0.1) is 6.92 Å². The lowest BCUT2D eigenvalue weighted by atomic mass is 10.1. The van der Waals surface area contributed by atoms with Gasteiger partial charge in [0.2, 0.25) is 0 Å². The summed E-state index contributed by atoms with van der Waals surface area (Å²) >= 11 is 0. The summed E-state index contributed by atoms with van der Waals surface area (Å²) in [6.45, 7) is 1.96. The number of anilines is 1. The molecule has 1 aromatic carbocycles. The second kappa shape index (κ2) is 4.81. The maximum Gasteiger partial charge on any atom is 0.258 e. The zero-order chi connectivity index (χ0) is 14.1. The monoisotopic (exact) mass is 265 g/mol. The fourth-order valence-electron chi connectivity index (χ4n) is 2.25. The number of amides is 1. The van der Waals surface area contributed by atoms with Crippen LogP contribution < -0.4 is 5.32 Å². The van der Waals surface area contributed by atoms with E-state index in [1.54, 1.807) is 12.3 Å². The summed E-state index contributed by atoms with van der Waals surface area (Å²) in [5, 5.41) is 3.77. The van der Waals surface area contributed by atoms with Gasteiger partial charge in [-0.25, -0.2) is 4.98 Å². The molecule has 0 aliphatic rings. The highest BCUT2D eigenvalue weighted by atomic mass is 16.1. The van der Waals surface area contributed by atoms with E-state index in [2.05, 4.69) is 10.3 Å². The molecule has 0 unspecified atom stereocenters. The first-order valence-electron chi connectivity index (χ1n) is 6.43. The first-order chi connectivity index (χ1) is 9.65. The van der Waals surface area contributed by atoms with E-state index in [4.69, 9.17) is 0 Å². The van der Waals surface area contributed by atoms with Crippen LogP contribution in [0.3, 0.4) is 0 Å². The number of nitrogens with one attached hydrogen (secondary N) is 1. The third-order valence-electron chi connectivity index (χ3n) is 3.29. The van der Waals surface area contributed by atoms with E-state index < -0.39 is 0 Å². The molecule has 0 bridgehead atoms. The van der Waals surface area contributed by atoms with E-state index in [0.717, 1.165) is 16.5 Å². The van der Waals surface area contributed by atoms with Crippen LogP contribution in [0.4, 0.5) is 5.82 Å². The molecule has 0 radical (unpaired) electrons. The van der Waals surface area contributed by atoms with Crippen molar-refractivity contribution in [3.05, 3.63) is 59.9 Å². The fraction of sp³-hybridized carbons (Fsp3) is 0.125. The molecular weight excluding hydrogens is 250 g/mol. The van der Waals surface area contributed by atoms with Crippen molar-refractivity contribution in [2.24, 2.45) is 7.05 Å². The molecule has 4 heteroatoms. The molecule has 0 atom stereocenters. The van der Waals surface area contributed by atoms with Gasteiger partial charge in [0, 0.05) is 30.3 Å². The lowest BCUT2D eigenvalue weighted by Crippen LogP contribution is -2.12. The number of benzene rings is 1. The molecule has 20 heavy (non-hydrogen) atoms. The molecular formula is C16H15N3O. The Kier molecular flexibility index (Phi) is 2.99. The fourth-order valence-corrected chi connectivity index (χ4v) is 2.25. The van der Waals surface area contributed by atoms with Crippen molar-refractivity contribution in [3.63, 3.8) is 0 Å². The Morgan fingerprint density at radius 2 is 2.00 bits per heavy atom. The minimum atomic E-state index is -0.141. The molecule has 4 nitrogen and oxygen atoms in total. The minimum Gasteiger partial charge on any atom is -0.350 e. The number of nitrogens with zero attached hydrogens (tertiary/aromatic N) is 2. The normalized spacial score (nSPS) is 10.7. The third kappa shape index (κ3) is 2.16. The summed E-state index contributed by atoms with van der Waals surface area (Å²) in [5.74, 6) is 0.423. The molecule has 1 N–H and O–H groups in total. The van der Waals surface area contributed by atoms with E-state index in [-0.39, 0.29) is 5.91 Å². The summed E-state index contributed by atoms with van der Waals surface area (Å²) in [6.07, 6.45) is 3.58. The SMILES string of the molecule is Cc1ccc(NC(=O)c2cn(C)c3ccccc23)nc1. The third-order valence-corrected chi connectivity index (χ3v) is 3.29. The number of pyridine rings is 1. The molecule has 1 amide bonds. The second-order valence-corrected chi connectivity index (χ2v) is 4.85. The largest absolute Gasteiger partial charge is 0.350 e. The molecule has 0 saturated heterocycles. The minimum absolute atomic E-state index is 0.141. The Balaban J connectivity index is 1.95. The molecule has 0 aliphatic carbocycles. The highest BCUT2D eigenvalue weighted by molar-refractivity contribution is 6.12. The number of carbonyl (C=O) groups is 1. The maximum absolute atomic E-state index is 12.4. The van der Waals surface area contributed by atoms with Gasteiger partial charge < -0.3 is 9.88 Å². The van der Waals surface area contributed by atoms with E-state index in [1.807, 2.05) is 55.1 Å². The Bertz CT molecular complexity index is 772. The van der Waals surface area contributed by atoms with E-state index in [9.17, 15) is 4.79 Å². The topological polar surface area (TPSA) is 46.9 Å². The van der Waals surface area contributed by atoms with Crippen LogP contribution in [0.25, 0.3) is 10.9 Å². The number of hydrogen-bond donors (Lipinski definition) is 1. The molecule has 0 spiro atoms. The molecule has 3 rings (SSSR count). The Labute approximate surface area is 117 Å². The quantitative estimate of drug-likeness (QED) is 0.773. The smallest absolute Gasteiger partial charge is 0.258 e. The Hall–Kier alpha value is -2.62. The lowest BCUT2D eigenvalue weighted by molar-refractivity contribution is 0.102. The van der Waals surface area contributed by atoms with Gasteiger partial charge >= 0.3 is 0 Å². The predicted octanol–water partition coefficient (Wildman–Crippen LogP) is 3.13. The summed E-state index contributed by atoms with van der Waals surface area (Å²) in [5.41, 5.74) is 2.76. The number of aryl methyl sites for hydroxylation is 2. The number of para-hydroxylation sites is 1. The molecule has 0 saturated carbocycles. The van der Waals surface area contributed by atoms with Crippen LogP contribution in [0.1, 0.15) is 15.9 Å². The average Bonchev–Trinajstić information content (AvgIpc) is 2.79. The lowest BCUT2D eigenvalue weighted by Gasteiger charge is -2.03. The van der Waals surface area contributed by atoms with Crippen LogP contribution >= 0.6 is 0 Å². The van der Waals surface area contributed by atoms with Crippen molar-refractivity contribution in [1.29, 1.82) is 0 Å². The number of fused-ring (bicyclic) bond motifs is 1. The predicted molar refractivity (Wildman–Crippen MR) is 79.8 cm³/mol. The van der Waals surface area contributed by atoms with Crippen molar-refractivity contribution in [1.82, 2.24) is 9.55 Å². The molecule has 0 aliphatic heterocycles. The molecule has 100 valence electrons. The van der Waals surface area contributed by atoms with Gasteiger partial charge in [-0.15, -0.1) is 0 Å². The number of rotatable bonds is 2. The van der Waals surface area contributed by atoms with Crippen LogP contribution in [-0.2, 0) is 7.05 Å². The van der Waals surface area contributed by atoms with Crippen molar-refractivity contribution in [2.45, 2.75) is 6.92 Å². The van der Waals surface area contributed by atoms with Crippen LogP contribution in [0.15, 0.2) is 48.8 Å². The van der Waals surface area contributed by atoms with Gasteiger partial charge in [0.05, 0.1) is 5.56 Å². The molecule has 2 aromatic heterocycles. The Morgan fingerprint density at radius 3 is 2.75 bits per heavy atom. The van der Waals surface area contributed by atoms with Gasteiger partial charge in [-0.3, -0.25) is 4.79 Å². The zero-order valence-electron chi connectivity index (χ0n) is 11.4. The zero-order valence-corrected chi connectivity index (χ0v) is 11.4.